The van der Waals surface area contributed by atoms with Crippen LogP contribution < -0.4 is 10.2 Å². The maximum Gasteiger partial charge on any atom is 0.244 e. The second kappa shape index (κ2) is 8.11. The third kappa shape index (κ3) is 4.68. The normalized spacial score (nSPS) is 10.3. The van der Waals surface area contributed by atoms with E-state index in [1.54, 1.807) is 0 Å². The number of amides is 2. The summed E-state index contributed by atoms with van der Waals surface area (Å²) in [5.41, 5.74) is 3.62. The molecule has 0 radical (unpaired) electrons. The van der Waals surface area contributed by atoms with Crippen LogP contribution in [-0.2, 0) is 16.0 Å². The Morgan fingerprint density at radius 3 is 2.33 bits per heavy atom. The Hall–Kier alpha value is -2.14. The van der Waals surface area contributed by atoms with Gasteiger partial charge in [-0.25, -0.2) is 0 Å². The fourth-order valence-corrected chi connectivity index (χ4v) is 2.87. The molecule has 0 aliphatic carbocycles. The first-order chi connectivity index (χ1) is 11.4. The molecule has 0 bridgehead atoms. The second-order valence-corrected chi connectivity index (χ2v) is 6.55. The molecule has 2 amide bonds. The van der Waals surface area contributed by atoms with Gasteiger partial charge in [0.15, 0.2) is 0 Å². The molecule has 126 valence electrons. The first-order valence-corrected chi connectivity index (χ1v) is 8.63. The highest BCUT2D eigenvalue weighted by Gasteiger charge is 2.16. The first-order valence-electron chi connectivity index (χ1n) is 7.83. The Morgan fingerprint density at radius 2 is 1.79 bits per heavy atom. The van der Waals surface area contributed by atoms with Crippen molar-refractivity contribution >= 4 is 39.1 Å². The third-order valence-electron chi connectivity index (χ3n) is 3.80. The summed E-state index contributed by atoms with van der Waals surface area (Å²) >= 11 is 3.40. The van der Waals surface area contributed by atoms with Crippen molar-refractivity contribution in [3.8, 4) is 0 Å². The van der Waals surface area contributed by atoms with Crippen LogP contribution in [0.2, 0.25) is 0 Å². The number of nitrogens with one attached hydrogen (secondary N) is 1. The van der Waals surface area contributed by atoms with Crippen molar-refractivity contribution in [3.63, 3.8) is 0 Å². The summed E-state index contributed by atoms with van der Waals surface area (Å²) in [6.45, 7) is 5.44. The Labute approximate surface area is 151 Å². The van der Waals surface area contributed by atoms with Crippen molar-refractivity contribution in [1.82, 2.24) is 0 Å². The molecule has 0 unspecified atom stereocenters. The van der Waals surface area contributed by atoms with Gasteiger partial charge in [0, 0.05) is 22.8 Å². The molecule has 24 heavy (non-hydrogen) atoms. The van der Waals surface area contributed by atoms with Crippen molar-refractivity contribution in [2.75, 3.05) is 16.8 Å². The molecule has 2 aromatic carbocycles. The van der Waals surface area contributed by atoms with E-state index in [9.17, 15) is 9.59 Å². The topological polar surface area (TPSA) is 49.4 Å². The van der Waals surface area contributed by atoms with Gasteiger partial charge >= 0.3 is 0 Å². The number of halogens is 1. The molecule has 1 N–H and O–H groups in total. The van der Waals surface area contributed by atoms with Crippen LogP contribution in [0, 0.1) is 6.92 Å². The van der Waals surface area contributed by atoms with Gasteiger partial charge in [-0.05, 0) is 54.8 Å². The lowest BCUT2D eigenvalue weighted by Crippen LogP contribution is -2.36. The average Bonchev–Trinajstić information content (AvgIpc) is 2.55. The summed E-state index contributed by atoms with van der Waals surface area (Å²) in [6.07, 6.45) is 0.934. The highest BCUT2D eigenvalue weighted by molar-refractivity contribution is 9.10. The molecule has 0 aliphatic rings. The number of anilines is 2. The molecule has 0 saturated carbocycles. The van der Waals surface area contributed by atoms with Crippen molar-refractivity contribution in [1.29, 1.82) is 0 Å². The lowest BCUT2D eigenvalue weighted by atomic mass is 10.1. The summed E-state index contributed by atoms with van der Waals surface area (Å²) in [4.78, 5) is 25.8. The summed E-state index contributed by atoms with van der Waals surface area (Å²) in [5.74, 6) is -0.392. The summed E-state index contributed by atoms with van der Waals surface area (Å²) in [7, 11) is 0. The molecule has 2 rings (SSSR count). The predicted octanol–water partition coefficient (Wildman–Crippen LogP) is 4.31. The number of rotatable bonds is 5. The molecule has 0 saturated heterocycles. The van der Waals surface area contributed by atoms with E-state index in [4.69, 9.17) is 0 Å². The van der Waals surface area contributed by atoms with E-state index in [0.717, 1.165) is 27.8 Å². The molecule has 0 atom stereocenters. The van der Waals surface area contributed by atoms with Gasteiger partial charge in [0.2, 0.25) is 11.8 Å². The molecule has 4 nitrogen and oxygen atoms in total. The van der Waals surface area contributed by atoms with Gasteiger partial charge in [0.1, 0.15) is 6.54 Å². The molecule has 0 aliphatic heterocycles. The van der Waals surface area contributed by atoms with Crippen LogP contribution in [0.5, 0.6) is 0 Å². The van der Waals surface area contributed by atoms with Gasteiger partial charge in [0.05, 0.1) is 0 Å². The minimum absolute atomic E-state index is 0.0176. The van der Waals surface area contributed by atoms with Gasteiger partial charge in [-0.3, -0.25) is 9.59 Å². The van der Waals surface area contributed by atoms with Crippen LogP contribution in [-0.4, -0.2) is 18.4 Å². The monoisotopic (exact) mass is 388 g/mol. The maximum absolute atomic E-state index is 12.3. The van der Waals surface area contributed by atoms with E-state index < -0.39 is 0 Å². The fraction of sp³-hybridized carbons (Fsp3) is 0.263. The molecule has 0 fully saturated rings. The van der Waals surface area contributed by atoms with Crippen LogP contribution in [0.25, 0.3) is 0 Å². The van der Waals surface area contributed by atoms with Crippen molar-refractivity contribution < 1.29 is 9.59 Å². The van der Waals surface area contributed by atoms with Crippen molar-refractivity contribution in [2.45, 2.75) is 27.2 Å². The number of aryl methyl sites for hydroxylation is 2. The number of carbonyl (C=O) groups is 2. The Kier molecular flexibility index (Phi) is 6.15. The zero-order valence-electron chi connectivity index (χ0n) is 14.1. The Balaban J connectivity index is 2.11. The lowest BCUT2D eigenvalue weighted by Gasteiger charge is -2.21. The van der Waals surface area contributed by atoms with Gasteiger partial charge in [-0.2, -0.15) is 0 Å². The smallest absolute Gasteiger partial charge is 0.244 e. The highest BCUT2D eigenvalue weighted by Crippen LogP contribution is 2.21. The first kappa shape index (κ1) is 18.2. The lowest BCUT2D eigenvalue weighted by molar-refractivity contribution is -0.120. The van der Waals surface area contributed by atoms with Crippen molar-refractivity contribution in [2.24, 2.45) is 0 Å². The van der Waals surface area contributed by atoms with E-state index >= 15 is 0 Å². The largest absolute Gasteiger partial charge is 0.324 e. The SMILES string of the molecule is CCc1ccc(N(CC(=O)Nc2ccc(Br)cc2C)C(C)=O)cc1. The van der Waals surface area contributed by atoms with E-state index in [-0.39, 0.29) is 18.4 Å². The Morgan fingerprint density at radius 1 is 1.12 bits per heavy atom. The number of hydrogen-bond acceptors (Lipinski definition) is 2. The molecule has 0 heterocycles. The van der Waals surface area contributed by atoms with Crippen LogP contribution in [0.4, 0.5) is 11.4 Å². The van der Waals surface area contributed by atoms with E-state index in [1.165, 1.54) is 17.4 Å². The maximum atomic E-state index is 12.3. The molecule has 2 aromatic rings. The average molecular weight is 389 g/mol. The minimum atomic E-state index is -0.227. The zero-order chi connectivity index (χ0) is 17.7. The fourth-order valence-electron chi connectivity index (χ4n) is 2.40. The quantitative estimate of drug-likeness (QED) is 0.829. The van der Waals surface area contributed by atoms with Crippen LogP contribution in [0.15, 0.2) is 46.9 Å². The van der Waals surface area contributed by atoms with Crippen LogP contribution in [0.1, 0.15) is 25.0 Å². The Bertz CT molecular complexity index is 742. The van der Waals surface area contributed by atoms with Crippen LogP contribution in [0.3, 0.4) is 0 Å². The van der Waals surface area contributed by atoms with Gasteiger partial charge < -0.3 is 10.2 Å². The molecule has 0 aromatic heterocycles. The predicted molar refractivity (Wildman–Crippen MR) is 101 cm³/mol. The van der Waals surface area contributed by atoms with Crippen molar-refractivity contribution in [3.05, 3.63) is 58.1 Å². The number of benzene rings is 2. The van der Waals surface area contributed by atoms with Gasteiger partial charge in [0.25, 0.3) is 0 Å². The summed E-state index contributed by atoms with van der Waals surface area (Å²) in [6, 6.07) is 13.3. The number of nitrogens with zero attached hydrogens (tertiary/aromatic N) is 1. The van der Waals surface area contributed by atoms with E-state index in [1.807, 2.05) is 49.4 Å². The summed E-state index contributed by atoms with van der Waals surface area (Å²) < 4.78 is 0.958. The number of hydrogen-bond donors (Lipinski definition) is 1. The second-order valence-electron chi connectivity index (χ2n) is 5.63. The number of carbonyl (C=O) groups excluding carboxylic acids is 2. The molecule has 5 heteroatoms. The minimum Gasteiger partial charge on any atom is -0.324 e. The van der Waals surface area contributed by atoms with Gasteiger partial charge in [-0.1, -0.05) is 35.0 Å². The molecular weight excluding hydrogens is 368 g/mol. The molecule has 0 spiro atoms. The van der Waals surface area contributed by atoms with E-state index in [2.05, 4.69) is 28.2 Å². The van der Waals surface area contributed by atoms with Crippen LogP contribution >= 0.6 is 15.9 Å². The van der Waals surface area contributed by atoms with E-state index in [0.29, 0.717) is 0 Å². The zero-order valence-corrected chi connectivity index (χ0v) is 15.7. The third-order valence-corrected chi connectivity index (χ3v) is 4.29. The molecular formula is C19H21BrN2O2. The highest BCUT2D eigenvalue weighted by atomic mass is 79.9. The standard InChI is InChI=1S/C19H21BrN2O2/c1-4-15-5-8-17(9-6-15)22(14(3)23)12-19(24)21-18-10-7-16(20)11-13(18)2/h5-11H,4,12H2,1-3H3,(H,21,24). The summed E-state index contributed by atoms with van der Waals surface area (Å²) in [5, 5.41) is 2.86. The van der Waals surface area contributed by atoms with Gasteiger partial charge in [-0.15, -0.1) is 0 Å².